The molecule has 0 amide bonds. The van der Waals surface area contributed by atoms with Crippen LogP contribution in [0, 0.1) is 11.8 Å². The fraction of sp³-hybridized carbons (Fsp3) is 0.667. The van der Waals surface area contributed by atoms with Crippen LogP contribution in [0.2, 0.25) is 0 Å². The van der Waals surface area contributed by atoms with Gasteiger partial charge in [-0.05, 0) is 49.0 Å². The molecule has 1 heterocycles. The highest BCUT2D eigenvalue weighted by atomic mass is 15.1. The van der Waals surface area contributed by atoms with Crippen molar-refractivity contribution in [1.29, 1.82) is 0 Å². The molecule has 0 saturated heterocycles. The highest BCUT2D eigenvalue weighted by molar-refractivity contribution is 5.09. The third kappa shape index (κ3) is 5.61. The molecule has 3 heteroatoms. The normalized spacial score (nSPS) is 13.2. The van der Waals surface area contributed by atoms with Gasteiger partial charge in [-0.3, -0.25) is 9.88 Å². The van der Waals surface area contributed by atoms with E-state index in [0.29, 0.717) is 5.92 Å². The van der Waals surface area contributed by atoms with Crippen LogP contribution in [0.15, 0.2) is 24.5 Å². The molecule has 1 unspecified atom stereocenters. The van der Waals surface area contributed by atoms with Gasteiger partial charge in [-0.1, -0.05) is 20.8 Å². The number of hydrogen-bond acceptors (Lipinski definition) is 3. The molecule has 1 atom stereocenters. The Morgan fingerprint density at radius 3 is 2.44 bits per heavy atom. The summed E-state index contributed by atoms with van der Waals surface area (Å²) < 4.78 is 0. The lowest BCUT2D eigenvalue weighted by atomic mass is 9.96. The van der Waals surface area contributed by atoms with Crippen LogP contribution in [0.25, 0.3) is 0 Å². The van der Waals surface area contributed by atoms with Gasteiger partial charge in [-0.2, -0.15) is 0 Å². The van der Waals surface area contributed by atoms with Crippen LogP contribution in [-0.2, 0) is 6.54 Å². The monoisotopic (exact) mass is 249 g/mol. The van der Waals surface area contributed by atoms with Crippen LogP contribution in [0.5, 0.6) is 0 Å². The van der Waals surface area contributed by atoms with E-state index in [9.17, 15) is 0 Å². The molecule has 102 valence electrons. The molecule has 0 aliphatic carbocycles. The molecule has 0 aliphatic heterocycles. The molecule has 3 nitrogen and oxygen atoms in total. The van der Waals surface area contributed by atoms with Crippen molar-refractivity contribution < 1.29 is 0 Å². The minimum Gasteiger partial charge on any atom is -0.330 e. The number of pyridine rings is 1. The first-order chi connectivity index (χ1) is 8.65. The average Bonchev–Trinajstić information content (AvgIpc) is 2.37. The van der Waals surface area contributed by atoms with Crippen molar-refractivity contribution in [2.45, 2.75) is 33.7 Å². The van der Waals surface area contributed by atoms with Gasteiger partial charge in [-0.15, -0.1) is 0 Å². The van der Waals surface area contributed by atoms with Crippen molar-refractivity contribution >= 4 is 0 Å². The van der Waals surface area contributed by atoms with E-state index in [-0.39, 0.29) is 0 Å². The molecule has 0 bridgehead atoms. The van der Waals surface area contributed by atoms with Crippen LogP contribution in [-0.4, -0.2) is 29.5 Å². The summed E-state index contributed by atoms with van der Waals surface area (Å²) >= 11 is 0. The van der Waals surface area contributed by atoms with E-state index < -0.39 is 0 Å². The van der Waals surface area contributed by atoms with E-state index in [2.05, 4.69) is 42.8 Å². The summed E-state index contributed by atoms with van der Waals surface area (Å²) in [5.74, 6) is 1.32. The topological polar surface area (TPSA) is 42.2 Å². The van der Waals surface area contributed by atoms with Crippen molar-refractivity contribution in [2.75, 3.05) is 19.6 Å². The lowest BCUT2D eigenvalue weighted by Crippen LogP contribution is -2.33. The van der Waals surface area contributed by atoms with Gasteiger partial charge < -0.3 is 5.73 Å². The molecule has 0 aliphatic rings. The second kappa shape index (κ2) is 8.22. The summed E-state index contributed by atoms with van der Waals surface area (Å²) in [4.78, 5) is 6.52. The summed E-state index contributed by atoms with van der Waals surface area (Å²) in [6.07, 6.45) is 4.93. The maximum Gasteiger partial charge on any atom is 0.0271 e. The van der Waals surface area contributed by atoms with Crippen LogP contribution >= 0.6 is 0 Å². The summed E-state index contributed by atoms with van der Waals surface area (Å²) in [6, 6.07) is 4.17. The largest absolute Gasteiger partial charge is 0.330 e. The number of rotatable bonds is 8. The smallest absolute Gasteiger partial charge is 0.0271 e. The van der Waals surface area contributed by atoms with Gasteiger partial charge in [0.1, 0.15) is 0 Å². The van der Waals surface area contributed by atoms with Crippen LogP contribution in [0.4, 0.5) is 0 Å². The van der Waals surface area contributed by atoms with E-state index in [1.54, 1.807) is 0 Å². The summed E-state index contributed by atoms with van der Waals surface area (Å²) in [5, 5.41) is 0. The zero-order chi connectivity index (χ0) is 13.4. The predicted octanol–water partition coefficient (Wildman–Crippen LogP) is 2.52. The molecule has 1 aromatic rings. The van der Waals surface area contributed by atoms with Gasteiger partial charge in [-0.25, -0.2) is 0 Å². The molecule has 0 saturated carbocycles. The number of hydrogen-bond donors (Lipinski definition) is 1. The van der Waals surface area contributed by atoms with Crippen molar-refractivity contribution in [1.82, 2.24) is 9.88 Å². The molecule has 0 fully saturated rings. The summed E-state index contributed by atoms with van der Waals surface area (Å²) in [5.41, 5.74) is 7.21. The van der Waals surface area contributed by atoms with Crippen LogP contribution in [0.1, 0.15) is 32.8 Å². The Balaban J connectivity index is 2.50. The first-order valence-corrected chi connectivity index (χ1v) is 6.97. The Labute approximate surface area is 111 Å². The quantitative estimate of drug-likeness (QED) is 0.770. The summed E-state index contributed by atoms with van der Waals surface area (Å²) in [7, 11) is 0. The number of nitrogens with two attached hydrogens (primary N) is 1. The molecule has 1 rings (SSSR count). The van der Waals surface area contributed by atoms with Gasteiger partial charge in [0.05, 0.1) is 0 Å². The fourth-order valence-electron chi connectivity index (χ4n) is 2.33. The molecule has 2 N–H and O–H groups in total. The average molecular weight is 249 g/mol. The van der Waals surface area contributed by atoms with Gasteiger partial charge in [0.2, 0.25) is 0 Å². The van der Waals surface area contributed by atoms with Crippen LogP contribution < -0.4 is 5.73 Å². The Hall–Kier alpha value is -0.930. The van der Waals surface area contributed by atoms with Gasteiger partial charge in [0.15, 0.2) is 0 Å². The lowest BCUT2D eigenvalue weighted by molar-refractivity contribution is 0.219. The lowest BCUT2D eigenvalue weighted by Gasteiger charge is -2.26. The SMILES string of the molecule is CCN(Cc1ccncc1)CC(CN)CC(C)C. The standard InChI is InChI=1S/C15H27N3/c1-4-18(11-14-5-7-17-8-6-14)12-15(10-16)9-13(2)3/h5-8,13,15H,4,9-12,16H2,1-3H3. The predicted molar refractivity (Wildman–Crippen MR) is 77.2 cm³/mol. The van der Waals surface area contributed by atoms with E-state index in [1.165, 1.54) is 12.0 Å². The van der Waals surface area contributed by atoms with E-state index in [4.69, 9.17) is 5.73 Å². The highest BCUT2D eigenvalue weighted by Gasteiger charge is 2.13. The van der Waals surface area contributed by atoms with Crippen molar-refractivity contribution in [3.63, 3.8) is 0 Å². The Morgan fingerprint density at radius 1 is 1.28 bits per heavy atom. The van der Waals surface area contributed by atoms with Gasteiger partial charge in [0, 0.05) is 25.5 Å². The van der Waals surface area contributed by atoms with E-state index in [1.807, 2.05) is 12.4 Å². The fourth-order valence-corrected chi connectivity index (χ4v) is 2.33. The maximum absolute atomic E-state index is 5.88. The Kier molecular flexibility index (Phi) is 6.91. The molecule has 0 aromatic carbocycles. The minimum atomic E-state index is 0.604. The van der Waals surface area contributed by atoms with Crippen LogP contribution in [0.3, 0.4) is 0 Å². The van der Waals surface area contributed by atoms with Crippen molar-refractivity contribution in [3.05, 3.63) is 30.1 Å². The minimum absolute atomic E-state index is 0.604. The molecule has 0 spiro atoms. The molecule has 1 aromatic heterocycles. The zero-order valence-corrected chi connectivity index (χ0v) is 12.0. The third-order valence-corrected chi connectivity index (χ3v) is 3.26. The van der Waals surface area contributed by atoms with E-state index >= 15 is 0 Å². The Bertz CT molecular complexity index is 311. The molecule has 18 heavy (non-hydrogen) atoms. The highest BCUT2D eigenvalue weighted by Crippen LogP contribution is 2.13. The second-order valence-corrected chi connectivity index (χ2v) is 5.41. The summed E-state index contributed by atoms with van der Waals surface area (Å²) in [6.45, 7) is 10.7. The first-order valence-electron chi connectivity index (χ1n) is 6.97. The molecular formula is C15H27N3. The van der Waals surface area contributed by atoms with Crippen molar-refractivity contribution in [3.8, 4) is 0 Å². The second-order valence-electron chi connectivity index (χ2n) is 5.41. The third-order valence-electron chi connectivity index (χ3n) is 3.26. The van der Waals surface area contributed by atoms with Gasteiger partial charge in [0.25, 0.3) is 0 Å². The number of aromatic nitrogens is 1. The van der Waals surface area contributed by atoms with Gasteiger partial charge >= 0.3 is 0 Å². The Morgan fingerprint density at radius 2 is 1.94 bits per heavy atom. The molecular weight excluding hydrogens is 222 g/mol. The molecule has 0 radical (unpaired) electrons. The number of nitrogens with zero attached hydrogens (tertiary/aromatic N) is 2. The van der Waals surface area contributed by atoms with E-state index in [0.717, 1.165) is 32.1 Å². The first kappa shape index (κ1) is 15.1. The maximum atomic E-state index is 5.88. The van der Waals surface area contributed by atoms with Crippen molar-refractivity contribution in [2.24, 2.45) is 17.6 Å². The zero-order valence-electron chi connectivity index (χ0n) is 12.0.